The number of hydrogen-bond donors (Lipinski definition) is 2. The minimum absolute atomic E-state index is 0.861. The van der Waals surface area contributed by atoms with E-state index in [1.165, 1.54) is 44.5 Å². The largest absolute Gasteiger partial charge is 0.399 e. The van der Waals surface area contributed by atoms with Crippen molar-refractivity contribution in [3.8, 4) is 0 Å². The smallest absolute Gasteiger partial charge is 0.0316 e. The summed E-state index contributed by atoms with van der Waals surface area (Å²) in [6.45, 7) is 4.45. The molecule has 0 aliphatic rings. The first kappa shape index (κ1) is 26.5. The third-order valence-corrected chi connectivity index (χ3v) is 7.27. The van der Waals surface area contributed by atoms with Crippen LogP contribution in [-0.2, 0) is 38.5 Å². The predicted octanol–water partition coefficient (Wildman–Crippen LogP) is 8.11. The summed E-state index contributed by atoms with van der Waals surface area (Å²) in [7, 11) is 0. The molecule has 0 bridgehead atoms. The lowest BCUT2D eigenvalue weighted by Crippen LogP contribution is -1.99. The molecular formula is C35H42N2. The summed E-state index contributed by atoms with van der Waals surface area (Å²) < 4.78 is 0. The molecule has 0 amide bonds. The van der Waals surface area contributed by atoms with Crippen LogP contribution in [0.25, 0.3) is 0 Å². The maximum atomic E-state index is 6.01. The maximum Gasteiger partial charge on any atom is 0.0316 e. The minimum Gasteiger partial charge on any atom is -0.399 e. The summed E-state index contributed by atoms with van der Waals surface area (Å²) in [6.07, 6.45) is 9.77. The van der Waals surface area contributed by atoms with Crippen molar-refractivity contribution in [3.05, 3.63) is 129 Å². The van der Waals surface area contributed by atoms with Gasteiger partial charge < -0.3 is 11.5 Å². The lowest BCUT2D eigenvalue weighted by molar-refractivity contribution is 0.819. The van der Waals surface area contributed by atoms with E-state index in [-0.39, 0.29) is 0 Å². The van der Waals surface area contributed by atoms with Gasteiger partial charge in [0, 0.05) is 11.4 Å². The van der Waals surface area contributed by atoms with Crippen LogP contribution in [0.2, 0.25) is 0 Å². The first-order valence-corrected chi connectivity index (χ1v) is 13.9. The maximum absolute atomic E-state index is 6.01. The van der Waals surface area contributed by atoms with Gasteiger partial charge in [-0.15, -0.1) is 0 Å². The number of anilines is 2. The van der Waals surface area contributed by atoms with Crippen LogP contribution >= 0.6 is 0 Å². The molecule has 37 heavy (non-hydrogen) atoms. The Morgan fingerprint density at radius 2 is 0.811 bits per heavy atom. The average Bonchev–Trinajstić information content (AvgIpc) is 2.89. The Labute approximate surface area is 223 Å². The van der Waals surface area contributed by atoms with Crippen LogP contribution in [0.5, 0.6) is 0 Å². The van der Waals surface area contributed by atoms with E-state index in [1.54, 1.807) is 0 Å². The number of nitrogens with two attached hydrogens (primary N) is 2. The summed E-state index contributed by atoms with van der Waals surface area (Å²) >= 11 is 0. The molecule has 4 rings (SSSR count). The van der Waals surface area contributed by atoms with Crippen molar-refractivity contribution < 1.29 is 0 Å². The van der Waals surface area contributed by atoms with Gasteiger partial charge in [-0.05, 0) is 114 Å². The fourth-order valence-corrected chi connectivity index (χ4v) is 5.22. The number of rotatable bonds is 12. The zero-order valence-electron chi connectivity index (χ0n) is 22.6. The molecule has 0 aliphatic heterocycles. The van der Waals surface area contributed by atoms with Crippen molar-refractivity contribution >= 4 is 11.4 Å². The fraction of sp³-hybridized carbons (Fsp3) is 0.314. The average molecular weight is 491 g/mol. The van der Waals surface area contributed by atoms with E-state index < -0.39 is 0 Å². The number of nitrogen functional groups attached to an aromatic ring is 2. The summed E-state index contributed by atoms with van der Waals surface area (Å²) in [5, 5.41) is 0. The van der Waals surface area contributed by atoms with Crippen LogP contribution in [0.4, 0.5) is 11.4 Å². The van der Waals surface area contributed by atoms with Crippen molar-refractivity contribution in [2.45, 2.75) is 71.6 Å². The van der Waals surface area contributed by atoms with Gasteiger partial charge >= 0.3 is 0 Å². The minimum atomic E-state index is 0.861. The van der Waals surface area contributed by atoms with Crippen molar-refractivity contribution in [1.29, 1.82) is 0 Å². The lowest BCUT2D eigenvalue weighted by atomic mass is 9.95. The van der Waals surface area contributed by atoms with E-state index in [0.717, 1.165) is 69.2 Å². The molecule has 0 unspecified atom stereocenters. The number of benzene rings is 4. The molecule has 0 atom stereocenters. The number of aryl methyl sites for hydroxylation is 4. The molecule has 4 aromatic rings. The quantitative estimate of drug-likeness (QED) is 0.197. The van der Waals surface area contributed by atoms with Gasteiger partial charge in [0.25, 0.3) is 0 Å². The van der Waals surface area contributed by atoms with Crippen LogP contribution in [0.1, 0.15) is 77.6 Å². The van der Waals surface area contributed by atoms with E-state index in [0.29, 0.717) is 0 Å². The van der Waals surface area contributed by atoms with E-state index in [9.17, 15) is 0 Å². The first-order valence-electron chi connectivity index (χ1n) is 13.9. The van der Waals surface area contributed by atoms with Crippen molar-refractivity contribution in [2.24, 2.45) is 0 Å². The molecule has 0 saturated carbocycles. The molecule has 0 aromatic heterocycles. The highest BCUT2D eigenvalue weighted by molar-refractivity contribution is 5.47. The highest BCUT2D eigenvalue weighted by Gasteiger charge is 2.06. The van der Waals surface area contributed by atoms with Crippen molar-refractivity contribution in [1.82, 2.24) is 0 Å². The highest BCUT2D eigenvalue weighted by atomic mass is 14.5. The summed E-state index contributed by atoms with van der Waals surface area (Å²) in [5.41, 5.74) is 24.9. The Kier molecular flexibility index (Phi) is 9.43. The second kappa shape index (κ2) is 13.1. The van der Waals surface area contributed by atoms with Gasteiger partial charge in [-0.25, -0.2) is 0 Å². The van der Waals surface area contributed by atoms with Crippen LogP contribution < -0.4 is 11.5 Å². The molecule has 0 spiro atoms. The number of hydrogen-bond acceptors (Lipinski definition) is 2. The SMILES string of the molecule is CCCc1cc(N)ccc1Cc1ccc(CCCc2ccc(Cc3ccc(N)cc3CCC)cc2)cc1. The van der Waals surface area contributed by atoms with E-state index in [1.807, 2.05) is 12.1 Å². The Hall–Kier alpha value is -3.52. The van der Waals surface area contributed by atoms with Crippen LogP contribution in [-0.4, -0.2) is 0 Å². The topological polar surface area (TPSA) is 52.0 Å². The van der Waals surface area contributed by atoms with E-state index in [2.05, 4.69) is 86.6 Å². The molecule has 2 nitrogen and oxygen atoms in total. The van der Waals surface area contributed by atoms with Crippen LogP contribution in [0.15, 0.2) is 84.9 Å². The zero-order valence-corrected chi connectivity index (χ0v) is 22.6. The highest BCUT2D eigenvalue weighted by Crippen LogP contribution is 2.22. The van der Waals surface area contributed by atoms with E-state index >= 15 is 0 Å². The third-order valence-electron chi connectivity index (χ3n) is 7.27. The molecular weight excluding hydrogens is 448 g/mol. The van der Waals surface area contributed by atoms with Gasteiger partial charge in [0.2, 0.25) is 0 Å². The van der Waals surface area contributed by atoms with Gasteiger partial charge in [0.05, 0.1) is 0 Å². The molecule has 0 radical (unpaired) electrons. The predicted molar refractivity (Wildman–Crippen MR) is 160 cm³/mol. The van der Waals surface area contributed by atoms with Gasteiger partial charge in [0.1, 0.15) is 0 Å². The second-order valence-corrected chi connectivity index (χ2v) is 10.4. The van der Waals surface area contributed by atoms with Crippen LogP contribution in [0, 0.1) is 0 Å². The van der Waals surface area contributed by atoms with Gasteiger partial charge in [0.15, 0.2) is 0 Å². The van der Waals surface area contributed by atoms with Gasteiger partial charge in [-0.3, -0.25) is 0 Å². The summed E-state index contributed by atoms with van der Waals surface area (Å²) in [5.74, 6) is 0. The second-order valence-electron chi connectivity index (χ2n) is 10.4. The summed E-state index contributed by atoms with van der Waals surface area (Å²) in [6, 6.07) is 31.1. The van der Waals surface area contributed by atoms with Crippen molar-refractivity contribution in [3.63, 3.8) is 0 Å². The third kappa shape index (κ3) is 7.73. The van der Waals surface area contributed by atoms with E-state index in [4.69, 9.17) is 11.5 Å². The standard InChI is InChI=1S/C35H42N2/c1-3-6-30-24-34(36)20-18-32(30)22-28-14-10-26(11-15-28)8-5-9-27-12-16-29(17-13-27)23-33-19-21-35(37)25-31(33)7-4-2/h10-21,24-25H,3-9,22-23,36-37H2,1-2H3. The molecule has 4 aromatic carbocycles. The molecule has 0 fully saturated rings. The fourth-order valence-electron chi connectivity index (χ4n) is 5.22. The van der Waals surface area contributed by atoms with Crippen molar-refractivity contribution in [2.75, 3.05) is 11.5 Å². The Morgan fingerprint density at radius 1 is 0.432 bits per heavy atom. The van der Waals surface area contributed by atoms with Gasteiger partial charge in [-0.2, -0.15) is 0 Å². The molecule has 4 N–H and O–H groups in total. The van der Waals surface area contributed by atoms with Crippen LogP contribution in [0.3, 0.4) is 0 Å². The van der Waals surface area contributed by atoms with Gasteiger partial charge in [-0.1, -0.05) is 87.4 Å². The Morgan fingerprint density at radius 3 is 1.19 bits per heavy atom. The lowest BCUT2D eigenvalue weighted by Gasteiger charge is -2.11. The Balaban J connectivity index is 1.28. The first-order chi connectivity index (χ1) is 18.0. The normalized spacial score (nSPS) is 11.1. The molecule has 192 valence electrons. The molecule has 0 aliphatic carbocycles. The summed E-state index contributed by atoms with van der Waals surface area (Å²) in [4.78, 5) is 0. The molecule has 0 heterocycles. The molecule has 0 saturated heterocycles. The monoisotopic (exact) mass is 490 g/mol. The molecule has 2 heteroatoms. The Bertz CT molecular complexity index is 1170. The zero-order chi connectivity index (χ0) is 26.0.